The van der Waals surface area contributed by atoms with Gasteiger partial charge in [-0.15, -0.1) is 5.56 Å². The molecule has 86 valence electrons. The molecular weight excluding hydrogens is 240 g/mol. The summed E-state index contributed by atoms with van der Waals surface area (Å²) in [5.74, 6) is 5.16. The summed E-state index contributed by atoms with van der Waals surface area (Å²) in [7, 11) is 0. The van der Waals surface area contributed by atoms with Crippen molar-refractivity contribution in [2.24, 2.45) is 10.9 Å². The van der Waals surface area contributed by atoms with Gasteiger partial charge in [0.15, 0.2) is 0 Å². The van der Waals surface area contributed by atoms with E-state index in [-0.39, 0.29) is 17.1 Å². The van der Waals surface area contributed by atoms with Crippen molar-refractivity contribution in [1.29, 1.82) is 0 Å². The van der Waals surface area contributed by atoms with Gasteiger partial charge >= 0.3 is 17.1 Å². The van der Waals surface area contributed by atoms with Crippen molar-refractivity contribution in [3.8, 4) is 0 Å². The van der Waals surface area contributed by atoms with Crippen LogP contribution in [0.15, 0.2) is 59.7 Å². The second kappa shape index (κ2) is 8.95. The normalized spacial score (nSPS) is 9.94. The van der Waals surface area contributed by atoms with E-state index in [0.29, 0.717) is 0 Å². The molecule has 0 aliphatic carbocycles. The molecule has 2 aromatic carbocycles. The molecule has 0 atom stereocenters. The van der Waals surface area contributed by atoms with Crippen LogP contribution >= 0.6 is 0 Å². The minimum Gasteiger partial charge on any atom is -0.324 e. The topological polar surface area (TPSA) is 38.4 Å². The molecule has 0 aromatic heterocycles. The Hall–Kier alpha value is -1.31. The third kappa shape index (κ3) is 4.96. The number of nitrogens with zero attached hydrogens (tertiary/aromatic N) is 1. The molecule has 0 amide bonds. The van der Waals surface area contributed by atoms with Crippen LogP contribution < -0.4 is 5.84 Å². The SMILES string of the molecule is CCC(=NN)[c-]1cccc1.[Fe+2].c1cc[cH-]c1. The van der Waals surface area contributed by atoms with Crippen molar-refractivity contribution < 1.29 is 17.1 Å². The Morgan fingerprint density at radius 1 is 1.19 bits per heavy atom. The monoisotopic (exact) mass is 256 g/mol. The molecule has 2 rings (SSSR count). The first-order chi connectivity index (χ1) is 7.38. The van der Waals surface area contributed by atoms with Gasteiger partial charge in [-0.05, 0) is 6.42 Å². The van der Waals surface area contributed by atoms with Gasteiger partial charge in [0.2, 0.25) is 0 Å². The minimum absolute atomic E-state index is 0. The molecule has 3 heteroatoms. The number of hydrazone groups is 1. The zero-order chi connectivity index (χ0) is 10.9. The van der Waals surface area contributed by atoms with Crippen LogP contribution in [0.4, 0.5) is 0 Å². The van der Waals surface area contributed by atoms with Gasteiger partial charge in [0.05, 0.1) is 0 Å². The predicted octanol–water partition coefficient (Wildman–Crippen LogP) is 2.88. The second-order valence-electron chi connectivity index (χ2n) is 3.07. The van der Waals surface area contributed by atoms with Gasteiger partial charge in [-0.2, -0.15) is 30.3 Å². The third-order valence-corrected chi connectivity index (χ3v) is 2.04. The fraction of sp³-hybridized carbons (Fsp3) is 0.154. The maximum atomic E-state index is 5.16. The van der Waals surface area contributed by atoms with Crippen molar-refractivity contribution in [2.75, 3.05) is 0 Å². The molecule has 0 spiro atoms. The minimum atomic E-state index is 0. The van der Waals surface area contributed by atoms with E-state index < -0.39 is 0 Å². The average molecular weight is 256 g/mol. The van der Waals surface area contributed by atoms with E-state index in [0.717, 1.165) is 17.7 Å². The number of hydrogen-bond acceptors (Lipinski definition) is 2. The van der Waals surface area contributed by atoms with Gasteiger partial charge in [-0.1, -0.05) is 6.92 Å². The van der Waals surface area contributed by atoms with Crippen LogP contribution in [0.2, 0.25) is 0 Å². The molecule has 2 nitrogen and oxygen atoms in total. The third-order valence-electron chi connectivity index (χ3n) is 2.04. The first-order valence-corrected chi connectivity index (χ1v) is 5.04. The molecule has 0 radical (unpaired) electrons. The van der Waals surface area contributed by atoms with Gasteiger partial charge in [-0.25, -0.2) is 29.4 Å². The summed E-state index contributed by atoms with van der Waals surface area (Å²) in [4.78, 5) is 0. The Bertz CT molecular complexity index is 343. The predicted molar refractivity (Wildman–Crippen MR) is 65.1 cm³/mol. The summed E-state index contributed by atoms with van der Waals surface area (Å²) in [5, 5.41) is 3.67. The summed E-state index contributed by atoms with van der Waals surface area (Å²) >= 11 is 0. The summed E-state index contributed by atoms with van der Waals surface area (Å²) in [5.41, 5.74) is 2.09. The average Bonchev–Trinajstić information content (AvgIpc) is 2.96. The number of hydrogen-bond donors (Lipinski definition) is 1. The molecule has 0 aliphatic heterocycles. The molecule has 2 N–H and O–H groups in total. The van der Waals surface area contributed by atoms with E-state index in [2.05, 4.69) is 5.10 Å². The fourth-order valence-electron chi connectivity index (χ4n) is 1.26. The quantitative estimate of drug-likeness (QED) is 0.290. The molecule has 0 unspecified atom stereocenters. The van der Waals surface area contributed by atoms with Crippen molar-refractivity contribution in [2.45, 2.75) is 13.3 Å². The Labute approximate surface area is 107 Å². The standard InChI is InChI=1S/C8H11N2.C5H5.Fe/c1-2-8(10-9)7-5-3-4-6-7;1-2-4-5-3-1;/h3-6H,2,9H2,1H3;1-5H;/q2*-1;+2. The summed E-state index contributed by atoms with van der Waals surface area (Å²) < 4.78 is 0. The van der Waals surface area contributed by atoms with Gasteiger partial charge < -0.3 is 5.84 Å². The van der Waals surface area contributed by atoms with Gasteiger partial charge in [0.25, 0.3) is 0 Å². The van der Waals surface area contributed by atoms with Crippen LogP contribution in [-0.4, -0.2) is 5.71 Å². The van der Waals surface area contributed by atoms with Crippen molar-refractivity contribution in [3.05, 3.63) is 60.2 Å². The fourth-order valence-corrected chi connectivity index (χ4v) is 1.26. The van der Waals surface area contributed by atoms with E-state index in [4.69, 9.17) is 5.84 Å². The molecule has 0 fully saturated rings. The first-order valence-electron chi connectivity index (χ1n) is 5.04. The van der Waals surface area contributed by atoms with Gasteiger partial charge in [-0.3, -0.25) is 0 Å². The van der Waals surface area contributed by atoms with E-state index in [1.807, 2.05) is 61.5 Å². The van der Waals surface area contributed by atoms with Crippen molar-refractivity contribution in [3.63, 3.8) is 0 Å². The molecule has 0 bridgehead atoms. The Morgan fingerprint density at radius 3 is 2.06 bits per heavy atom. The smallest absolute Gasteiger partial charge is 0.324 e. The molecule has 0 heterocycles. The Kier molecular flexibility index (Phi) is 8.22. The Morgan fingerprint density at radius 2 is 1.75 bits per heavy atom. The Balaban J connectivity index is 0.000000318. The van der Waals surface area contributed by atoms with Gasteiger partial charge in [0.1, 0.15) is 0 Å². The van der Waals surface area contributed by atoms with Crippen molar-refractivity contribution >= 4 is 5.71 Å². The molecule has 0 saturated heterocycles. The van der Waals surface area contributed by atoms with Crippen LogP contribution in [0.25, 0.3) is 0 Å². The van der Waals surface area contributed by atoms with Crippen LogP contribution in [0.3, 0.4) is 0 Å². The summed E-state index contributed by atoms with van der Waals surface area (Å²) in [6.45, 7) is 2.04. The molecule has 2 aromatic rings. The zero-order valence-electron chi connectivity index (χ0n) is 9.28. The van der Waals surface area contributed by atoms with Crippen molar-refractivity contribution in [1.82, 2.24) is 0 Å². The number of nitrogens with two attached hydrogens (primary N) is 1. The molecule has 0 aliphatic rings. The van der Waals surface area contributed by atoms with E-state index in [1.54, 1.807) is 0 Å². The zero-order valence-corrected chi connectivity index (χ0v) is 10.4. The summed E-state index contributed by atoms with van der Waals surface area (Å²) in [6, 6.07) is 18.0. The first kappa shape index (κ1) is 14.7. The molecular formula is C13H16FeN2. The van der Waals surface area contributed by atoms with E-state index in [1.165, 1.54) is 0 Å². The largest absolute Gasteiger partial charge is 2.00 e. The van der Waals surface area contributed by atoms with Crippen LogP contribution in [0, 0.1) is 0 Å². The summed E-state index contributed by atoms with van der Waals surface area (Å²) in [6.07, 6.45) is 0.889. The molecule has 16 heavy (non-hydrogen) atoms. The maximum absolute atomic E-state index is 5.16. The van der Waals surface area contributed by atoms with Crippen LogP contribution in [-0.2, 0) is 17.1 Å². The van der Waals surface area contributed by atoms with Crippen LogP contribution in [0.5, 0.6) is 0 Å². The molecule has 0 saturated carbocycles. The van der Waals surface area contributed by atoms with E-state index in [9.17, 15) is 0 Å². The van der Waals surface area contributed by atoms with Crippen LogP contribution in [0.1, 0.15) is 18.9 Å². The van der Waals surface area contributed by atoms with Gasteiger partial charge in [0, 0.05) is 5.71 Å². The van der Waals surface area contributed by atoms with E-state index >= 15 is 0 Å². The number of rotatable bonds is 2. The second-order valence-corrected chi connectivity index (χ2v) is 3.07. The maximum Gasteiger partial charge on any atom is 2.00 e.